The molecule has 1 amide bonds. The van der Waals surface area contributed by atoms with Gasteiger partial charge in [-0.15, -0.1) is 0 Å². The molecule has 3 aromatic heterocycles. The fourth-order valence-corrected chi connectivity index (χ4v) is 10.8. The maximum absolute atomic E-state index is 14.4. The zero-order valence-corrected chi connectivity index (χ0v) is 38.8. The monoisotopic (exact) mass is 951 g/mol. The van der Waals surface area contributed by atoms with Gasteiger partial charge in [-0.1, -0.05) is 43.2 Å². The molecule has 3 aliphatic heterocycles. The van der Waals surface area contributed by atoms with Crippen molar-refractivity contribution in [3.8, 4) is 11.4 Å². The van der Waals surface area contributed by atoms with Gasteiger partial charge in [0.15, 0.2) is 17.0 Å². The Morgan fingerprint density at radius 2 is 1.82 bits per heavy atom. The highest BCUT2D eigenvalue weighted by molar-refractivity contribution is 7.90. The molecule has 2 atom stereocenters. The molecule has 0 spiro atoms. The molecule has 0 saturated carbocycles. The molecule has 20 heteroatoms. The van der Waals surface area contributed by atoms with Gasteiger partial charge in [-0.05, 0) is 78.3 Å². The van der Waals surface area contributed by atoms with Gasteiger partial charge in [0, 0.05) is 74.2 Å². The van der Waals surface area contributed by atoms with Crippen molar-refractivity contribution in [2.45, 2.75) is 50.2 Å². The number of nitrogens with zero attached hydrogens (tertiary/aromatic N) is 6. The Morgan fingerprint density at radius 1 is 1.03 bits per heavy atom. The fourth-order valence-electron chi connectivity index (χ4n) is 9.68. The first kappa shape index (κ1) is 44.6. The van der Waals surface area contributed by atoms with Crippen LogP contribution in [-0.4, -0.2) is 115 Å². The van der Waals surface area contributed by atoms with E-state index in [0.29, 0.717) is 42.5 Å². The summed E-state index contributed by atoms with van der Waals surface area (Å²) in [5.74, 6) is -1.09. The number of nitro groups is 1. The molecule has 2 fully saturated rings. The predicted molar refractivity (Wildman–Crippen MR) is 254 cm³/mol. The van der Waals surface area contributed by atoms with Gasteiger partial charge in [-0.2, -0.15) is 0 Å². The van der Waals surface area contributed by atoms with Crippen LogP contribution in [0.25, 0.3) is 33.3 Å². The summed E-state index contributed by atoms with van der Waals surface area (Å²) in [5.41, 5.74) is 5.21. The van der Waals surface area contributed by atoms with Crippen LogP contribution in [0.5, 0.6) is 5.75 Å². The summed E-state index contributed by atoms with van der Waals surface area (Å²) >= 11 is 6.26. The first-order valence-electron chi connectivity index (χ1n) is 22.3. The van der Waals surface area contributed by atoms with E-state index in [0.717, 1.165) is 62.1 Å². The zero-order valence-electron chi connectivity index (χ0n) is 37.2. The van der Waals surface area contributed by atoms with Gasteiger partial charge in [-0.3, -0.25) is 24.6 Å². The van der Waals surface area contributed by atoms with E-state index in [4.69, 9.17) is 25.8 Å². The maximum Gasteiger partial charge on any atom is 0.297 e. The molecule has 350 valence electrons. The van der Waals surface area contributed by atoms with Crippen molar-refractivity contribution in [1.82, 2.24) is 29.0 Å². The van der Waals surface area contributed by atoms with Crippen LogP contribution in [0.15, 0.2) is 88.2 Å². The van der Waals surface area contributed by atoms with E-state index in [9.17, 15) is 28.1 Å². The standard InChI is InChI=1S/C47H50ClN9O9S/c1-47(2)12-10-30(35(24-47)28-4-6-31(48)7-5-28)25-54-14-16-55(17-15-54)32-8-9-34(37(21-32)56-38-20-29-11-13-49-44(29)51-43(38)46(59)53(56)3)45(58)52-67(62,63)33-22-39(57(60)61)42-40(23-33)66-26-36(50-42)41-27-64-18-19-65-41/h4-9,11,13,20-23,36,41,50H,10,12,14-19,24-27H2,1-3H3,(H,49,51)(H,52,58)/t36-,41-/m0/s1. The Hall–Kier alpha value is -6.25. The molecule has 0 unspecified atom stereocenters. The number of carbonyl (C=O) groups excluding carboxylic acids is 1. The SMILES string of the molecule is Cn1c(=O)c2nc3[nH]ccc3cc2n1-c1cc(N2CCN(CC3=C(c4ccc(Cl)cc4)CC(C)(C)CC3)CC2)ccc1C(=O)NS(=O)(=O)c1cc2c(c([N+](=O)[O-])c1)N[C@H]([C@@H]1COCCO1)CO2. The van der Waals surface area contributed by atoms with Crippen LogP contribution in [0, 0.1) is 15.5 Å². The number of aromatic nitrogens is 4. The zero-order chi connectivity index (χ0) is 46.8. The number of hydrogen-bond donors (Lipinski definition) is 3. The normalized spacial score (nSPS) is 20.1. The lowest BCUT2D eigenvalue weighted by Gasteiger charge is -2.39. The predicted octanol–water partition coefficient (Wildman–Crippen LogP) is 6.26. The molecule has 4 aliphatic rings. The molecule has 6 aromatic rings. The van der Waals surface area contributed by atoms with Crippen molar-refractivity contribution in [1.29, 1.82) is 0 Å². The van der Waals surface area contributed by atoms with Gasteiger partial charge < -0.3 is 29.4 Å². The number of fused-ring (bicyclic) bond motifs is 3. The number of anilines is 2. The molecule has 2 saturated heterocycles. The molecule has 10 rings (SSSR count). The van der Waals surface area contributed by atoms with E-state index in [1.165, 1.54) is 27.5 Å². The van der Waals surface area contributed by atoms with Crippen molar-refractivity contribution >= 4 is 72.2 Å². The Morgan fingerprint density at radius 3 is 2.57 bits per heavy atom. The smallest absolute Gasteiger partial charge is 0.297 e. The van der Waals surface area contributed by atoms with Gasteiger partial charge in [0.25, 0.3) is 27.2 Å². The number of piperazine rings is 1. The van der Waals surface area contributed by atoms with Gasteiger partial charge in [0.05, 0.1) is 52.4 Å². The van der Waals surface area contributed by atoms with Crippen LogP contribution in [-0.2, 0) is 26.5 Å². The summed E-state index contributed by atoms with van der Waals surface area (Å²) in [6, 6.07) is 18.3. The number of aromatic amines is 1. The third kappa shape index (κ3) is 8.65. The topological polar surface area (TPSA) is 208 Å². The molecule has 67 heavy (non-hydrogen) atoms. The summed E-state index contributed by atoms with van der Waals surface area (Å²) in [5, 5.41) is 16.9. The lowest BCUT2D eigenvalue weighted by atomic mass is 9.72. The molecule has 18 nitrogen and oxygen atoms in total. The summed E-state index contributed by atoms with van der Waals surface area (Å²) < 4.78 is 50.4. The summed E-state index contributed by atoms with van der Waals surface area (Å²) in [6.07, 6.45) is 4.38. The number of allylic oxidation sites excluding steroid dienone is 1. The highest BCUT2D eigenvalue weighted by Crippen LogP contribution is 2.44. The number of rotatable bonds is 10. The van der Waals surface area contributed by atoms with Crippen LogP contribution >= 0.6 is 11.6 Å². The summed E-state index contributed by atoms with van der Waals surface area (Å²) in [4.78, 5) is 51.7. The van der Waals surface area contributed by atoms with Crippen LogP contribution in [0.2, 0.25) is 5.02 Å². The Labute approximate surface area is 390 Å². The first-order chi connectivity index (χ1) is 32.1. The maximum atomic E-state index is 14.4. The minimum atomic E-state index is -4.75. The van der Waals surface area contributed by atoms with E-state index in [1.807, 2.05) is 18.2 Å². The van der Waals surface area contributed by atoms with Gasteiger partial charge in [0.2, 0.25) is 0 Å². The third-order valence-electron chi connectivity index (χ3n) is 13.4. The number of H-pyrrole nitrogens is 1. The number of nitrogens with one attached hydrogen (secondary N) is 3. The molecule has 6 heterocycles. The Kier molecular flexibility index (Phi) is 11.6. The summed E-state index contributed by atoms with van der Waals surface area (Å²) in [6.45, 7) is 9.43. The highest BCUT2D eigenvalue weighted by atomic mass is 35.5. The minimum Gasteiger partial charge on any atom is -0.489 e. The van der Waals surface area contributed by atoms with E-state index < -0.39 is 49.1 Å². The second kappa shape index (κ2) is 17.4. The summed E-state index contributed by atoms with van der Waals surface area (Å²) in [7, 11) is -3.20. The molecule has 3 aromatic carbocycles. The second-order valence-corrected chi connectivity index (χ2v) is 20.5. The largest absolute Gasteiger partial charge is 0.489 e. The van der Waals surface area contributed by atoms with Crippen LogP contribution < -0.4 is 25.2 Å². The third-order valence-corrected chi connectivity index (χ3v) is 14.9. The lowest BCUT2D eigenvalue weighted by Crippen LogP contribution is -2.47. The van der Waals surface area contributed by atoms with Crippen LogP contribution in [0.4, 0.5) is 17.1 Å². The van der Waals surface area contributed by atoms with Crippen molar-refractivity contribution < 1.29 is 32.3 Å². The second-order valence-electron chi connectivity index (χ2n) is 18.4. The molecular formula is C47H50ClN9O9S. The highest BCUT2D eigenvalue weighted by Gasteiger charge is 2.36. The van der Waals surface area contributed by atoms with E-state index in [-0.39, 0.29) is 46.8 Å². The first-order valence-corrected chi connectivity index (χ1v) is 24.1. The van der Waals surface area contributed by atoms with Crippen LogP contribution in [0.3, 0.4) is 0 Å². The molecule has 0 bridgehead atoms. The number of halogens is 1. The minimum absolute atomic E-state index is 0.0113. The number of carbonyl (C=O) groups is 1. The number of pyridine rings is 1. The van der Waals surface area contributed by atoms with E-state index >= 15 is 0 Å². The Balaban J connectivity index is 0.956. The van der Waals surface area contributed by atoms with Gasteiger partial charge in [0.1, 0.15) is 18.4 Å². The lowest BCUT2D eigenvalue weighted by molar-refractivity contribution is -0.384. The van der Waals surface area contributed by atoms with Gasteiger partial charge in [-0.25, -0.2) is 27.5 Å². The number of sulfonamides is 1. The molecule has 0 radical (unpaired) electrons. The van der Waals surface area contributed by atoms with E-state index in [2.05, 4.69) is 55.8 Å². The van der Waals surface area contributed by atoms with Crippen molar-refractivity contribution in [2.75, 3.05) is 69.4 Å². The number of hydrogen-bond acceptors (Lipinski definition) is 13. The fraction of sp³-hybridized carbons (Fsp3) is 0.383. The number of amides is 1. The van der Waals surface area contributed by atoms with Gasteiger partial charge >= 0.3 is 0 Å². The number of ether oxygens (including phenoxy) is 3. The number of benzene rings is 3. The Bertz CT molecular complexity index is 3150. The quantitative estimate of drug-likeness (QED) is 0.103. The number of nitro benzene ring substituents is 1. The molecule has 1 aliphatic carbocycles. The molecule has 3 N–H and O–H groups in total. The van der Waals surface area contributed by atoms with Crippen LogP contribution in [0.1, 0.15) is 49.0 Å². The average molecular weight is 952 g/mol. The van der Waals surface area contributed by atoms with Crippen molar-refractivity contribution in [3.05, 3.63) is 115 Å². The van der Waals surface area contributed by atoms with Crippen molar-refractivity contribution in [2.24, 2.45) is 12.5 Å². The van der Waals surface area contributed by atoms with Crippen molar-refractivity contribution in [3.63, 3.8) is 0 Å². The molecular weight excluding hydrogens is 902 g/mol. The van der Waals surface area contributed by atoms with E-state index in [1.54, 1.807) is 36.1 Å². The average Bonchev–Trinajstić information content (AvgIpc) is 3.88.